The quantitative estimate of drug-likeness (QED) is 0.668. The molecule has 2 rings (SSSR count). The molecule has 6 nitrogen and oxygen atoms in total. The first-order valence-electron chi connectivity index (χ1n) is 7.16. The summed E-state index contributed by atoms with van der Waals surface area (Å²) in [4.78, 5) is 22.7. The van der Waals surface area contributed by atoms with Gasteiger partial charge in [0.1, 0.15) is 0 Å². The molecule has 2 aromatic rings. The van der Waals surface area contributed by atoms with E-state index >= 15 is 0 Å². The summed E-state index contributed by atoms with van der Waals surface area (Å²) in [6.45, 7) is 4.17. The second kappa shape index (κ2) is 6.91. The van der Waals surface area contributed by atoms with Gasteiger partial charge in [-0.15, -0.1) is 0 Å². The van der Waals surface area contributed by atoms with Crippen LogP contribution in [0, 0.1) is 10.1 Å². The van der Waals surface area contributed by atoms with Gasteiger partial charge < -0.3 is 10.1 Å². The van der Waals surface area contributed by atoms with E-state index in [2.05, 4.69) is 19.2 Å². The van der Waals surface area contributed by atoms with Gasteiger partial charge in [-0.3, -0.25) is 14.9 Å². The highest BCUT2D eigenvalue weighted by Crippen LogP contribution is 2.28. The Morgan fingerprint density at radius 3 is 2.35 bits per heavy atom. The zero-order valence-corrected chi connectivity index (χ0v) is 13.2. The maximum absolute atomic E-state index is 12.2. The molecule has 0 aliphatic carbocycles. The van der Waals surface area contributed by atoms with Gasteiger partial charge in [-0.25, -0.2) is 0 Å². The molecule has 0 aromatic heterocycles. The average Bonchev–Trinajstić information content (AvgIpc) is 2.54. The first kappa shape index (κ1) is 16.5. The molecule has 0 aliphatic heterocycles. The summed E-state index contributed by atoms with van der Waals surface area (Å²) in [5.74, 6) is 0.116. The van der Waals surface area contributed by atoms with E-state index in [4.69, 9.17) is 4.74 Å². The Hall–Kier alpha value is -2.89. The van der Waals surface area contributed by atoms with E-state index in [1.165, 1.54) is 30.9 Å². The second-order valence-corrected chi connectivity index (χ2v) is 5.37. The number of methoxy groups -OCH3 is 1. The Morgan fingerprint density at radius 1 is 1.17 bits per heavy atom. The highest BCUT2D eigenvalue weighted by molar-refractivity contribution is 6.04. The van der Waals surface area contributed by atoms with Crippen LogP contribution in [-0.2, 0) is 0 Å². The molecule has 23 heavy (non-hydrogen) atoms. The van der Waals surface area contributed by atoms with Crippen molar-refractivity contribution in [1.29, 1.82) is 0 Å². The number of nitro groups is 1. The maximum atomic E-state index is 12.2. The number of ether oxygens (including phenoxy) is 1. The summed E-state index contributed by atoms with van der Waals surface area (Å²) in [6.07, 6.45) is 0. The smallest absolute Gasteiger partial charge is 0.311 e. The molecule has 0 radical (unpaired) electrons. The molecular formula is C17H18N2O4. The predicted octanol–water partition coefficient (Wildman–Crippen LogP) is 3.98. The molecule has 0 spiro atoms. The zero-order valence-electron chi connectivity index (χ0n) is 13.2. The number of nitrogens with one attached hydrogen (secondary N) is 1. The molecule has 0 aliphatic rings. The largest absolute Gasteiger partial charge is 0.490 e. The van der Waals surface area contributed by atoms with Crippen molar-refractivity contribution < 1.29 is 14.5 Å². The monoisotopic (exact) mass is 314 g/mol. The van der Waals surface area contributed by atoms with Crippen LogP contribution in [0.2, 0.25) is 0 Å². The maximum Gasteiger partial charge on any atom is 0.311 e. The summed E-state index contributed by atoms with van der Waals surface area (Å²) in [5.41, 5.74) is 1.77. The SMILES string of the molecule is COc1ccc(C(=O)Nc2ccc(C(C)C)cc2)cc1[N+](=O)[O-]. The van der Waals surface area contributed by atoms with Crippen LogP contribution in [0.1, 0.15) is 35.7 Å². The fourth-order valence-electron chi connectivity index (χ4n) is 2.13. The van der Waals surface area contributed by atoms with Gasteiger partial charge in [0.2, 0.25) is 0 Å². The molecule has 6 heteroatoms. The minimum atomic E-state index is -0.576. The van der Waals surface area contributed by atoms with Gasteiger partial charge in [-0.2, -0.15) is 0 Å². The van der Waals surface area contributed by atoms with Crippen molar-refractivity contribution in [2.24, 2.45) is 0 Å². The van der Waals surface area contributed by atoms with Crippen molar-refractivity contribution in [2.75, 3.05) is 12.4 Å². The third kappa shape index (κ3) is 3.85. The van der Waals surface area contributed by atoms with Crippen molar-refractivity contribution >= 4 is 17.3 Å². The predicted molar refractivity (Wildman–Crippen MR) is 88.1 cm³/mol. The fourth-order valence-corrected chi connectivity index (χ4v) is 2.13. The number of nitro benzene ring substituents is 1. The third-order valence-corrected chi connectivity index (χ3v) is 3.47. The number of benzene rings is 2. The molecule has 0 saturated heterocycles. The minimum Gasteiger partial charge on any atom is -0.490 e. The topological polar surface area (TPSA) is 81.5 Å². The molecule has 2 aromatic carbocycles. The normalized spacial score (nSPS) is 10.4. The van der Waals surface area contributed by atoms with Crippen molar-refractivity contribution in [2.45, 2.75) is 19.8 Å². The molecule has 0 atom stereocenters. The first-order valence-corrected chi connectivity index (χ1v) is 7.16. The van der Waals surface area contributed by atoms with Crippen molar-refractivity contribution in [1.82, 2.24) is 0 Å². The molecule has 0 fully saturated rings. The Morgan fingerprint density at radius 2 is 1.83 bits per heavy atom. The number of anilines is 1. The molecule has 0 unspecified atom stereocenters. The third-order valence-electron chi connectivity index (χ3n) is 3.47. The van der Waals surface area contributed by atoms with E-state index in [1.54, 1.807) is 0 Å². The van der Waals surface area contributed by atoms with Crippen LogP contribution in [0.15, 0.2) is 42.5 Å². The number of hydrogen-bond donors (Lipinski definition) is 1. The van der Waals surface area contributed by atoms with Gasteiger partial charge in [0.15, 0.2) is 5.75 Å². The number of nitrogens with zero attached hydrogens (tertiary/aromatic N) is 1. The number of carbonyl (C=O) groups is 1. The number of rotatable bonds is 5. The van der Waals surface area contributed by atoms with Crippen LogP contribution in [-0.4, -0.2) is 17.9 Å². The Labute approximate surface area is 134 Å². The highest BCUT2D eigenvalue weighted by Gasteiger charge is 2.18. The number of hydrogen-bond acceptors (Lipinski definition) is 4. The fraction of sp³-hybridized carbons (Fsp3) is 0.235. The molecule has 120 valence electrons. The zero-order chi connectivity index (χ0) is 17.0. The lowest BCUT2D eigenvalue weighted by Gasteiger charge is -2.09. The van der Waals surface area contributed by atoms with E-state index in [-0.39, 0.29) is 17.0 Å². The summed E-state index contributed by atoms with van der Waals surface area (Å²) in [6, 6.07) is 11.6. The lowest BCUT2D eigenvalue weighted by molar-refractivity contribution is -0.385. The molecular weight excluding hydrogens is 296 g/mol. The van der Waals surface area contributed by atoms with E-state index in [1.807, 2.05) is 24.3 Å². The van der Waals surface area contributed by atoms with Gasteiger partial charge in [0.25, 0.3) is 5.91 Å². The van der Waals surface area contributed by atoms with Crippen LogP contribution in [0.4, 0.5) is 11.4 Å². The van der Waals surface area contributed by atoms with Crippen LogP contribution in [0.5, 0.6) is 5.75 Å². The lowest BCUT2D eigenvalue weighted by Crippen LogP contribution is -2.12. The second-order valence-electron chi connectivity index (χ2n) is 5.37. The van der Waals surface area contributed by atoms with Gasteiger partial charge in [-0.05, 0) is 35.7 Å². The Kier molecular flexibility index (Phi) is 4.95. The average molecular weight is 314 g/mol. The molecule has 0 heterocycles. The highest BCUT2D eigenvalue weighted by atomic mass is 16.6. The molecule has 1 amide bonds. The summed E-state index contributed by atoms with van der Waals surface area (Å²) in [7, 11) is 1.35. The van der Waals surface area contributed by atoms with Crippen molar-refractivity contribution in [3.8, 4) is 5.75 Å². The summed E-state index contributed by atoms with van der Waals surface area (Å²) >= 11 is 0. The standard InChI is InChI=1S/C17H18N2O4/c1-11(2)12-4-7-14(8-5-12)18-17(20)13-6-9-16(23-3)15(10-13)19(21)22/h4-11H,1-3H3,(H,18,20). The van der Waals surface area contributed by atoms with Crippen molar-refractivity contribution in [3.05, 3.63) is 63.7 Å². The molecule has 0 bridgehead atoms. The van der Waals surface area contributed by atoms with E-state index in [0.717, 1.165) is 0 Å². The Balaban J connectivity index is 2.20. The van der Waals surface area contributed by atoms with Gasteiger partial charge >= 0.3 is 5.69 Å². The van der Waals surface area contributed by atoms with Gasteiger partial charge in [0.05, 0.1) is 12.0 Å². The van der Waals surface area contributed by atoms with Crippen molar-refractivity contribution in [3.63, 3.8) is 0 Å². The number of carbonyl (C=O) groups excluding carboxylic acids is 1. The van der Waals surface area contributed by atoms with E-state index in [9.17, 15) is 14.9 Å². The number of amides is 1. The van der Waals surface area contributed by atoms with Gasteiger partial charge in [0, 0.05) is 17.3 Å². The van der Waals surface area contributed by atoms with E-state index < -0.39 is 10.8 Å². The van der Waals surface area contributed by atoms with E-state index in [0.29, 0.717) is 11.6 Å². The molecule has 0 saturated carbocycles. The summed E-state index contributed by atoms with van der Waals surface area (Å²) in [5, 5.41) is 13.7. The van der Waals surface area contributed by atoms with Crippen LogP contribution >= 0.6 is 0 Å². The van der Waals surface area contributed by atoms with Gasteiger partial charge in [-0.1, -0.05) is 26.0 Å². The lowest BCUT2D eigenvalue weighted by atomic mass is 10.0. The Bertz CT molecular complexity index is 724. The minimum absolute atomic E-state index is 0.118. The molecule has 1 N–H and O–H groups in total. The van der Waals surface area contributed by atoms with Crippen LogP contribution in [0.3, 0.4) is 0 Å². The van der Waals surface area contributed by atoms with Crippen LogP contribution < -0.4 is 10.1 Å². The van der Waals surface area contributed by atoms with Crippen LogP contribution in [0.25, 0.3) is 0 Å². The summed E-state index contributed by atoms with van der Waals surface area (Å²) < 4.78 is 4.92. The first-order chi connectivity index (χ1) is 10.9.